The normalized spacial score (nSPS) is 27.6. The van der Waals surface area contributed by atoms with Gasteiger partial charge in [-0.2, -0.15) is 4.39 Å². The standard InChI is InChI=1S/C14H15FN2O3/c15-12-4-3-10(7-13(12)17(19)20)16-14(18)11-6-8-1-2-9(11)5-8/h3-4,7-9,11H,1-2,5-6H2,(H,16,18)/t8-,9-,11-/m0/s1. The van der Waals surface area contributed by atoms with E-state index >= 15 is 0 Å². The summed E-state index contributed by atoms with van der Waals surface area (Å²) in [6, 6.07) is 3.43. The van der Waals surface area contributed by atoms with E-state index in [0.29, 0.717) is 11.8 Å². The van der Waals surface area contributed by atoms with Crippen molar-refractivity contribution in [2.75, 3.05) is 5.32 Å². The molecule has 2 fully saturated rings. The van der Waals surface area contributed by atoms with E-state index in [1.54, 1.807) is 0 Å². The molecule has 1 aromatic carbocycles. The second-order valence-corrected chi connectivity index (χ2v) is 5.69. The van der Waals surface area contributed by atoms with Gasteiger partial charge in [-0.05, 0) is 43.2 Å². The number of anilines is 1. The van der Waals surface area contributed by atoms with Gasteiger partial charge in [-0.1, -0.05) is 6.42 Å². The maximum absolute atomic E-state index is 13.2. The van der Waals surface area contributed by atoms with Gasteiger partial charge in [0, 0.05) is 17.7 Å². The Balaban J connectivity index is 1.73. The molecular weight excluding hydrogens is 263 g/mol. The van der Waals surface area contributed by atoms with Crippen LogP contribution in [0.3, 0.4) is 0 Å². The van der Waals surface area contributed by atoms with E-state index in [1.165, 1.54) is 12.5 Å². The zero-order chi connectivity index (χ0) is 14.3. The van der Waals surface area contributed by atoms with Crippen LogP contribution in [0.15, 0.2) is 18.2 Å². The number of nitrogens with one attached hydrogen (secondary N) is 1. The Morgan fingerprint density at radius 2 is 2.15 bits per heavy atom. The van der Waals surface area contributed by atoms with Gasteiger partial charge < -0.3 is 5.32 Å². The van der Waals surface area contributed by atoms with Crippen molar-refractivity contribution < 1.29 is 14.1 Å². The van der Waals surface area contributed by atoms with Gasteiger partial charge >= 0.3 is 5.69 Å². The molecule has 0 radical (unpaired) electrons. The Hall–Kier alpha value is -1.98. The molecule has 0 heterocycles. The third-order valence-electron chi connectivity index (χ3n) is 4.49. The molecule has 106 valence electrons. The number of benzene rings is 1. The van der Waals surface area contributed by atoms with Crippen molar-refractivity contribution in [3.05, 3.63) is 34.1 Å². The minimum Gasteiger partial charge on any atom is -0.326 e. The zero-order valence-electron chi connectivity index (χ0n) is 10.8. The van der Waals surface area contributed by atoms with Gasteiger partial charge in [0.25, 0.3) is 0 Å². The first-order chi connectivity index (χ1) is 9.54. The lowest BCUT2D eigenvalue weighted by molar-refractivity contribution is -0.387. The highest BCUT2D eigenvalue weighted by Gasteiger charge is 2.43. The van der Waals surface area contributed by atoms with E-state index in [4.69, 9.17) is 0 Å². The zero-order valence-corrected chi connectivity index (χ0v) is 10.8. The van der Waals surface area contributed by atoms with Crippen LogP contribution in [0.4, 0.5) is 15.8 Å². The lowest BCUT2D eigenvalue weighted by atomic mass is 9.88. The van der Waals surface area contributed by atoms with Crippen LogP contribution in [-0.4, -0.2) is 10.8 Å². The largest absolute Gasteiger partial charge is 0.326 e. The summed E-state index contributed by atoms with van der Waals surface area (Å²) in [4.78, 5) is 22.1. The van der Waals surface area contributed by atoms with Gasteiger partial charge in [0.15, 0.2) is 0 Å². The molecule has 2 aliphatic carbocycles. The summed E-state index contributed by atoms with van der Waals surface area (Å²) >= 11 is 0. The maximum Gasteiger partial charge on any atom is 0.306 e. The second-order valence-electron chi connectivity index (χ2n) is 5.69. The van der Waals surface area contributed by atoms with Crippen LogP contribution in [0.1, 0.15) is 25.7 Å². The Bertz CT molecular complexity index is 576. The van der Waals surface area contributed by atoms with Gasteiger partial charge in [-0.3, -0.25) is 14.9 Å². The van der Waals surface area contributed by atoms with Crippen LogP contribution in [0.5, 0.6) is 0 Å². The fourth-order valence-electron chi connectivity index (χ4n) is 3.53. The Morgan fingerprint density at radius 3 is 2.75 bits per heavy atom. The molecule has 0 aliphatic heterocycles. The number of carbonyl (C=O) groups excluding carboxylic acids is 1. The molecule has 20 heavy (non-hydrogen) atoms. The summed E-state index contributed by atoms with van der Waals surface area (Å²) in [5.74, 6) is 0.0950. The van der Waals surface area contributed by atoms with Crippen LogP contribution in [0.25, 0.3) is 0 Å². The van der Waals surface area contributed by atoms with Gasteiger partial charge in [0.1, 0.15) is 0 Å². The summed E-state index contributed by atoms with van der Waals surface area (Å²) in [7, 11) is 0. The highest BCUT2D eigenvalue weighted by Crippen LogP contribution is 2.48. The third kappa shape index (κ3) is 2.26. The lowest BCUT2D eigenvalue weighted by Crippen LogP contribution is -2.27. The lowest BCUT2D eigenvalue weighted by Gasteiger charge is -2.20. The number of rotatable bonds is 3. The maximum atomic E-state index is 13.2. The number of carbonyl (C=O) groups is 1. The first-order valence-electron chi connectivity index (χ1n) is 6.79. The number of fused-ring (bicyclic) bond motifs is 2. The molecule has 0 aromatic heterocycles. The summed E-state index contributed by atoms with van der Waals surface area (Å²) in [6.07, 6.45) is 4.31. The van der Waals surface area contributed by atoms with Gasteiger partial charge in [-0.15, -0.1) is 0 Å². The molecule has 3 atom stereocenters. The molecule has 1 amide bonds. The topological polar surface area (TPSA) is 72.2 Å². The molecule has 2 aliphatic rings. The molecule has 3 rings (SSSR count). The predicted molar refractivity (Wildman–Crippen MR) is 70.6 cm³/mol. The van der Waals surface area contributed by atoms with Crippen LogP contribution < -0.4 is 5.32 Å². The van der Waals surface area contributed by atoms with Crippen molar-refractivity contribution in [1.29, 1.82) is 0 Å². The van der Waals surface area contributed by atoms with Crippen molar-refractivity contribution in [2.24, 2.45) is 17.8 Å². The van der Waals surface area contributed by atoms with E-state index < -0.39 is 16.4 Å². The number of amides is 1. The van der Waals surface area contributed by atoms with Crippen LogP contribution in [-0.2, 0) is 4.79 Å². The minimum atomic E-state index is -0.895. The van der Waals surface area contributed by atoms with Crippen LogP contribution in [0, 0.1) is 33.7 Å². The number of hydrogen-bond donors (Lipinski definition) is 1. The van der Waals surface area contributed by atoms with Gasteiger partial charge in [0.05, 0.1) is 4.92 Å². The fraction of sp³-hybridized carbons (Fsp3) is 0.500. The molecule has 2 bridgehead atoms. The van der Waals surface area contributed by atoms with Crippen molar-refractivity contribution in [1.82, 2.24) is 0 Å². The second kappa shape index (κ2) is 4.85. The van der Waals surface area contributed by atoms with E-state index in [9.17, 15) is 19.3 Å². The fourth-order valence-corrected chi connectivity index (χ4v) is 3.53. The quantitative estimate of drug-likeness (QED) is 0.682. The number of nitrogens with zero attached hydrogens (tertiary/aromatic N) is 1. The average Bonchev–Trinajstić information content (AvgIpc) is 3.03. The SMILES string of the molecule is O=C(Nc1ccc(F)c([N+](=O)[O-])c1)[C@H]1C[C@H]2CC[C@H]1C2. The molecule has 6 heteroatoms. The van der Waals surface area contributed by atoms with Crippen molar-refractivity contribution >= 4 is 17.3 Å². The first-order valence-corrected chi connectivity index (χ1v) is 6.79. The molecular formula is C14H15FN2O3. The predicted octanol–water partition coefficient (Wildman–Crippen LogP) is 3.11. The first kappa shape index (κ1) is 13.0. The molecule has 5 nitrogen and oxygen atoms in total. The van der Waals surface area contributed by atoms with E-state index in [-0.39, 0.29) is 17.5 Å². The molecule has 0 unspecified atom stereocenters. The minimum absolute atomic E-state index is 0.00198. The Kier molecular flexibility index (Phi) is 3.16. The molecule has 0 spiro atoms. The third-order valence-corrected chi connectivity index (χ3v) is 4.49. The van der Waals surface area contributed by atoms with E-state index in [0.717, 1.165) is 31.4 Å². The Labute approximate surface area is 115 Å². The van der Waals surface area contributed by atoms with Gasteiger partial charge in [-0.25, -0.2) is 0 Å². The molecule has 1 N–H and O–H groups in total. The number of halogens is 1. The van der Waals surface area contributed by atoms with Crippen molar-refractivity contribution in [3.63, 3.8) is 0 Å². The monoisotopic (exact) mass is 278 g/mol. The van der Waals surface area contributed by atoms with E-state index in [1.807, 2.05) is 0 Å². The molecule has 2 saturated carbocycles. The molecule has 1 aromatic rings. The summed E-state index contributed by atoms with van der Waals surface area (Å²) in [5, 5.41) is 13.4. The van der Waals surface area contributed by atoms with Crippen LogP contribution in [0.2, 0.25) is 0 Å². The van der Waals surface area contributed by atoms with Gasteiger partial charge in [0.2, 0.25) is 11.7 Å². The number of nitro benzene ring substituents is 1. The number of nitro groups is 1. The average molecular weight is 278 g/mol. The van der Waals surface area contributed by atoms with Crippen molar-refractivity contribution in [3.8, 4) is 0 Å². The summed E-state index contributed by atoms with van der Waals surface area (Å²) in [6.45, 7) is 0. The van der Waals surface area contributed by atoms with Crippen molar-refractivity contribution in [2.45, 2.75) is 25.7 Å². The summed E-state index contributed by atoms with van der Waals surface area (Å²) < 4.78 is 13.2. The Morgan fingerprint density at radius 1 is 1.35 bits per heavy atom. The van der Waals surface area contributed by atoms with E-state index in [2.05, 4.69) is 5.32 Å². The number of hydrogen-bond acceptors (Lipinski definition) is 3. The highest BCUT2D eigenvalue weighted by molar-refractivity contribution is 5.93. The highest BCUT2D eigenvalue weighted by atomic mass is 19.1. The summed E-state index contributed by atoms with van der Waals surface area (Å²) in [5.41, 5.74) is -0.332. The van der Waals surface area contributed by atoms with Crippen LogP contribution >= 0.6 is 0 Å². The smallest absolute Gasteiger partial charge is 0.306 e. The molecule has 0 saturated heterocycles.